The van der Waals surface area contributed by atoms with Gasteiger partial charge in [0.25, 0.3) is 5.56 Å². The highest BCUT2D eigenvalue weighted by Gasteiger charge is 2.22. The lowest BCUT2D eigenvalue weighted by Gasteiger charge is -2.12. The fraction of sp³-hybridized carbons (Fsp3) is 0.400. The van der Waals surface area contributed by atoms with Gasteiger partial charge in [0.1, 0.15) is 0 Å². The first kappa shape index (κ1) is 17.4. The Labute approximate surface area is 147 Å². The van der Waals surface area contributed by atoms with Crippen molar-refractivity contribution in [1.29, 1.82) is 0 Å². The SMILES string of the molecule is C[C@H]1CC[C@H](CCC(=O)Nc2cccc(Cn3ccccc3=O)c2)O1. The molecule has 3 rings (SSSR count). The third-order valence-electron chi connectivity index (χ3n) is 4.48. The molecule has 1 aliphatic heterocycles. The Kier molecular flexibility index (Phi) is 5.66. The number of carbonyl (C=O) groups excluding carboxylic acids is 1. The summed E-state index contributed by atoms with van der Waals surface area (Å²) in [5.74, 6) is -0.00261. The number of hydrogen-bond acceptors (Lipinski definition) is 3. The number of benzene rings is 1. The number of anilines is 1. The first-order valence-corrected chi connectivity index (χ1v) is 8.80. The Morgan fingerprint density at radius 2 is 2.12 bits per heavy atom. The van der Waals surface area contributed by atoms with Crippen molar-refractivity contribution in [3.05, 3.63) is 64.6 Å². The fourth-order valence-corrected chi connectivity index (χ4v) is 3.15. The zero-order valence-corrected chi connectivity index (χ0v) is 14.5. The van der Waals surface area contributed by atoms with Crippen LogP contribution in [0.2, 0.25) is 0 Å². The van der Waals surface area contributed by atoms with E-state index in [-0.39, 0.29) is 17.6 Å². The van der Waals surface area contributed by atoms with Gasteiger partial charge in [-0.05, 0) is 49.9 Å². The second kappa shape index (κ2) is 8.12. The van der Waals surface area contributed by atoms with Gasteiger partial charge < -0.3 is 14.6 Å². The number of pyridine rings is 1. The summed E-state index contributed by atoms with van der Waals surface area (Å²) < 4.78 is 7.38. The van der Waals surface area contributed by atoms with E-state index in [0.29, 0.717) is 19.1 Å². The maximum atomic E-state index is 12.2. The van der Waals surface area contributed by atoms with Gasteiger partial charge in [-0.1, -0.05) is 18.2 Å². The molecule has 2 heterocycles. The van der Waals surface area contributed by atoms with Gasteiger partial charge in [0.15, 0.2) is 0 Å². The molecule has 1 aromatic carbocycles. The smallest absolute Gasteiger partial charge is 0.250 e. The lowest BCUT2D eigenvalue weighted by molar-refractivity contribution is -0.116. The molecule has 5 nitrogen and oxygen atoms in total. The molecular formula is C20H24N2O3. The Morgan fingerprint density at radius 1 is 1.24 bits per heavy atom. The van der Waals surface area contributed by atoms with Gasteiger partial charge in [-0.3, -0.25) is 9.59 Å². The van der Waals surface area contributed by atoms with E-state index in [1.165, 1.54) is 6.07 Å². The van der Waals surface area contributed by atoms with Crippen LogP contribution in [-0.2, 0) is 16.1 Å². The fourth-order valence-electron chi connectivity index (χ4n) is 3.15. The van der Waals surface area contributed by atoms with Crippen molar-refractivity contribution in [3.8, 4) is 0 Å². The van der Waals surface area contributed by atoms with E-state index in [9.17, 15) is 9.59 Å². The van der Waals surface area contributed by atoms with Crippen LogP contribution in [0, 0.1) is 0 Å². The van der Waals surface area contributed by atoms with Crippen LogP contribution in [0.15, 0.2) is 53.5 Å². The Hall–Kier alpha value is -2.40. The maximum absolute atomic E-state index is 12.2. The number of aromatic nitrogens is 1. The second-order valence-electron chi connectivity index (χ2n) is 6.60. The average molecular weight is 340 g/mol. The van der Waals surface area contributed by atoms with Crippen molar-refractivity contribution < 1.29 is 9.53 Å². The van der Waals surface area contributed by atoms with Crippen molar-refractivity contribution in [3.63, 3.8) is 0 Å². The summed E-state index contributed by atoms with van der Waals surface area (Å²) in [7, 11) is 0. The van der Waals surface area contributed by atoms with E-state index in [1.54, 1.807) is 16.8 Å². The number of hydrogen-bond donors (Lipinski definition) is 1. The summed E-state index contributed by atoms with van der Waals surface area (Å²) in [6, 6.07) is 12.7. The Morgan fingerprint density at radius 3 is 2.88 bits per heavy atom. The molecule has 0 unspecified atom stereocenters. The Bertz CT molecular complexity index is 784. The molecule has 1 amide bonds. The molecule has 0 aliphatic carbocycles. The van der Waals surface area contributed by atoms with Crippen LogP contribution in [0.5, 0.6) is 0 Å². The predicted molar refractivity (Wildman–Crippen MR) is 97.7 cm³/mol. The number of rotatable bonds is 6. The number of carbonyl (C=O) groups is 1. The summed E-state index contributed by atoms with van der Waals surface area (Å²) in [5.41, 5.74) is 1.69. The monoisotopic (exact) mass is 340 g/mol. The van der Waals surface area contributed by atoms with Crippen molar-refractivity contribution >= 4 is 11.6 Å². The van der Waals surface area contributed by atoms with Gasteiger partial charge in [0.2, 0.25) is 5.91 Å². The van der Waals surface area contributed by atoms with E-state index in [4.69, 9.17) is 4.74 Å². The zero-order chi connectivity index (χ0) is 17.6. The normalized spacial score (nSPS) is 19.7. The number of nitrogens with one attached hydrogen (secondary N) is 1. The van der Waals surface area contributed by atoms with Crippen molar-refractivity contribution in [2.24, 2.45) is 0 Å². The van der Waals surface area contributed by atoms with Gasteiger partial charge in [-0.2, -0.15) is 0 Å². The lowest BCUT2D eigenvalue weighted by Crippen LogP contribution is -2.18. The van der Waals surface area contributed by atoms with Crippen molar-refractivity contribution in [2.75, 3.05) is 5.32 Å². The van der Waals surface area contributed by atoms with Gasteiger partial charge in [-0.25, -0.2) is 0 Å². The summed E-state index contributed by atoms with van der Waals surface area (Å²) in [6.07, 6.45) is 5.61. The molecule has 1 fully saturated rings. The minimum atomic E-state index is -0.0391. The molecule has 5 heteroatoms. The van der Waals surface area contributed by atoms with E-state index < -0.39 is 0 Å². The van der Waals surface area contributed by atoms with Gasteiger partial charge >= 0.3 is 0 Å². The van der Waals surface area contributed by atoms with Crippen LogP contribution in [0.25, 0.3) is 0 Å². The quantitative estimate of drug-likeness (QED) is 0.878. The largest absolute Gasteiger partial charge is 0.375 e. The molecule has 0 bridgehead atoms. The number of ether oxygens (including phenoxy) is 1. The highest BCUT2D eigenvalue weighted by Crippen LogP contribution is 2.22. The summed E-state index contributed by atoms with van der Waals surface area (Å²) >= 11 is 0. The third kappa shape index (κ3) is 5.03. The van der Waals surface area contributed by atoms with Gasteiger partial charge in [-0.15, -0.1) is 0 Å². The lowest BCUT2D eigenvalue weighted by atomic mass is 10.1. The van der Waals surface area contributed by atoms with Crippen LogP contribution in [0.1, 0.15) is 38.2 Å². The molecule has 0 saturated carbocycles. The second-order valence-corrected chi connectivity index (χ2v) is 6.60. The minimum Gasteiger partial charge on any atom is -0.375 e. The molecule has 1 aromatic heterocycles. The molecule has 132 valence electrons. The van der Waals surface area contributed by atoms with E-state index in [2.05, 4.69) is 12.2 Å². The first-order valence-electron chi connectivity index (χ1n) is 8.80. The molecule has 1 saturated heterocycles. The van der Waals surface area contributed by atoms with Crippen molar-refractivity contribution in [1.82, 2.24) is 4.57 Å². The highest BCUT2D eigenvalue weighted by atomic mass is 16.5. The minimum absolute atomic E-state index is 0.00261. The van der Waals surface area contributed by atoms with Crippen molar-refractivity contribution in [2.45, 2.75) is 51.4 Å². The standard InChI is InChI=1S/C20H24N2O3/c1-15-8-9-18(25-15)10-11-19(23)21-17-6-4-5-16(13-17)14-22-12-3-2-7-20(22)24/h2-7,12-13,15,18H,8-11,14H2,1H3,(H,21,23)/t15-,18+/m0/s1. The van der Waals surface area contributed by atoms with Crippen LogP contribution < -0.4 is 10.9 Å². The van der Waals surface area contributed by atoms with Crippen LogP contribution in [-0.4, -0.2) is 22.7 Å². The van der Waals surface area contributed by atoms with E-state index in [0.717, 1.165) is 30.5 Å². The highest BCUT2D eigenvalue weighted by molar-refractivity contribution is 5.90. The molecule has 0 radical (unpaired) electrons. The molecule has 1 N–H and O–H groups in total. The maximum Gasteiger partial charge on any atom is 0.250 e. The zero-order valence-electron chi connectivity index (χ0n) is 14.5. The summed E-state index contributed by atoms with van der Waals surface area (Å²) in [5, 5.41) is 2.94. The third-order valence-corrected chi connectivity index (χ3v) is 4.48. The molecule has 1 aliphatic rings. The van der Waals surface area contributed by atoms with E-state index in [1.807, 2.05) is 30.3 Å². The van der Waals surface area contributed by atoms with Crippen LogP contribution >= 0.6 is 0 Å². The summed E-state index contributed by atoms with van der Waals surface area (Å²) in [4.78, 5) is 24.0. The van der Waals surface area contributed by atoms with Gasteiger partial charge in [0, 0.05) is 24.4 Å². The molecule has 2 atom stereocenters. The topological polar surface area (TPSA) is 60.3 Å². The molecule has 0 spiro atoms. The molecular weight excluding hydrogens is 316 g/mol. The summed E-state index contributed by atoms with van der Waals surface area (Å²) in [6.45, 7) is 2.56. The van der Waals surface area contributed by atoms with Gasteiger partial charge in [0.05, 0.1) is 18.8 Å². The van der Waals surface area contributed by atoms with Crippen LogP contribution in [0.3, 0.4) is 0 Å². The first-order chi connectivity index (χ1) is 12.1. The molecule has 25 heavy (non-hydrogen) atoms. The number of amides is 1. The Balaban J connectivity index is 1.55. The number of nitrogens with zero attached hydrogens (tertiary/aromatic N) is 1. The predicted octanol–water partition coefficient (Wildman–Crippen LogP) is 3.18. The van der Waals surface area contributed by atoms with Crippen LogP contribution in [0.4, 0.5) is 5.69 Å². The molecule has 2 aromatic rings. The average Bonchev–Trinajstić information content (AvgIpc) is 3.01. The van der Waals surface area contributed by atoms with E-state index >= 15 is 0 Å².